The van der Waals surface area contributed by atoms with Gasteiger partial charge in [0, 0.05) is 18.2 Å². The fourth-order valence-electron chi connectivity index (χ4n) is 2.88. The lowest BCUT2D eigenvalue weighted by Gasteiger charge is -2.20. The third-order valence-electron chi connectivity index (χ3n) is 4.69. The molecular weight excluding hydrogens is 324 g/mol. The van der Waals surface area contributed by atoms with E-state index in [1.807, 2.05) is 68.5 Å². The highest BCUT2D eigenvalue weighted by Crippen LogP contribution is 2.49. The van der Waals surface area contributed by atoms with E-state index >= 15 is 0 Å². The highest BCUT2D eigenvalue weighted by Gasteiger charge is 2.46. The molecular formula is C22H26N2O2. The normalized spacial score (nSPS) is 16.5. The number of allylic oxidation sites excluding steroid dienone is 1. The molecule has 136 valence electrons. The molecule has 1 fully saturated rings. The second-order valence-corrected chi connectivity index (χ2v) is 7.05. The number of aromatic hydroxyl groups is 1. The molecule has 0 radical (unpaired) electrons. The van der Waals surface area contributed by atoms with Crippen molar-refractivity contribution in [2.24, 2.45) is 0 Å². The molecule has 0 saturated heterocycles. The van der Waals surface area contributed by atoms with Gasteiger partial charge in [-0.25, -0.2) is 0 Å². The maximum atomic E-state index is 9.69. The van der Waals surface area contributed by atoms with Crippen LogP contribution in [0.5, 0.6) is 5.75 Å². The van der Waals surface area contributed by atoms with E-state index in [0.29, 0.717) is 17.9 Å². The molecule has 1 atom stereocenters. The molecule has 2 aromatic rings. The number of rotatable bonds is 8. The van der Waals surface area contributed by atoms with Gasteiger partial charge in [-0.1, -0.05) is 42.5 Å². The van der Waals surface area contributed by atoms with E-state index in [9.17, 15) is 5.11 Å². The van der Waals surface area contributed by atoms with Crippen LogP contribution in [0.1, 0.15) is 36.5 Å². The number of phenolic OH excluding ortho intramolecular Hbond substituents is 1. The Morgan fingerprint density at radius 3 is 2.65 bits per heavy atom. The fourth-order valence-corrected chi connectivity index (χ4v) is 2.88. The van der Waals surface area contributed by atoms with Crippen LogP contribution in [-0.4, -0.2) is 16.9 Å². The summed E-state index contributed by atoms with van der Waals surface area (Å²) < 4.78 is 0. The summed E-state index contributed by atoms with van der Waals surface area (Å²) in [7, 11) is 0. The summed E-state index contributed by atoms with van der Waals surface area (Å²) in [4.78, 5) is 5.98. The number of hydrogen-bond acceptors (Lipinski definition) is 4. The summed E-state index contributed by atoms with van der Waals surface area (Å²) in [6.07, 6.45) is 6.33. The van der Waals surface area contributed by atoms with E-state index in [1.54, 1.807) is 6.07 Å². The van der Waals surface area contributed by atoms with Gasteiger partial charge in [0.25, 0.3) is 0 Å². The van der Waals surface area contributed by atoms with Crippen molar-refractivity contribution in [2.75, 3.05) is 0 Å². The maximum Gasteiger partial charge on any atom is 0.118 e. The summed E-state index contributed by atoms with van der Waals surface area (Å²) >= 11 is 0. The Morgan fingerprint density at radius 2 is 2.00 bits per heavy atom. The third-order valence-corrected chi connectivity index (χ3v) is 4.69. The van der Waals surface area contributed by atoms with Crippen LogP contribution in [0.3, 0.4) is 0 Å². The third kappa shape index (κ3) is 4.59. The SMILES string of the molecule is Cc1cc(C2(ONC(C)/C=C\C(=N)Cc3ccccc3)CC2)ccc1O. The Bertz CT molecular complexity index is 795. The molecule has 0 spiro atoms. The Labute approximate surface area is 155 Å². The molecule has 0 heterocycles. The lowest BCUT2D eigenvalue weighted by atomic mass is 10.0. The van der Waals surface area contributed by atoms with Crippen molar-refractivity contribution in [2.45, 2.75) is 44.8 Å². The first-order valence-corrected chi connectivity index (χ1v) is 9.02. The highest BCUT2D eigenvalue weighted by atomic mass is 16.7. The molecule has 2 aromatic carbocycles. The molecule has 1 unspecified atom stereocenters. The van der Waals surface area contributed by atoms with Crippen molar-refractivity contribution in [1.82, 2.24) is 5.48 Å². The standard InChI is InChI=1S/C22H26N2O2/c1-16-14-19(9-11-21(16)25)22(12-13-22)26-24-17(2)8-10-20(23)15-18-6-4-3-5-7-18/h3-11,14,17,23-25H,12-13,15H2,1-2H3/b10-8-,23-20?. The van der Waals surface area contributed by atoms with Gasteiger partial charge in [-0.2, -0.15) is 5.48 Å². The van der Waals surface area contributed by atoms with E-state index < -0.39 is 0 Å². The maximum absolute atomic E-state index is 9.69. The number of hydroxylamine groups is 1. The van der Waals surface area contributed by atoms with E-state index in [0.717, 1.165) is 29.5 Å². The topological polar surface area (TPSA) is 65.3 Å². The van der Waals surface area contributed by atoms with Gasteiger partial charge < -0.3 is 10.5 Å². The zero-order valence-electron chi connectivity index (χ0n) is 15.3. The molecule has 3 N–H and O–H groups in total. The second-order valence-electron chi connectivity index (χ2n) is 7.05. The molecule has 0 aromatic heterocycles. The first kappa shape index (κ1) is 18.4. The number of benzene rings is 2. The van der Waals surface area contributed by atoms with Crippen LogP contribution in [0.2, 0.25) is 0 Å². The van der Waals surface area contributed by atoms with Crippen LogP contribution in [0.25, 0.3) is 0 Å². The lowest BCUT2D eigenvalue weighted by Crippen LogP contribution is -2.30. The average Bonchev–Trinajstić information content (AvgIpc) is 3.42. The van der Waals surface area contributed by atoms with Gasteiger partial charge in [-0.05, 0) is 61.6 Å². The van der Waals surface area contributed by atoms with Crippen LogP contribution in [0.15, 0.2) is 60.7 Å². The summed E-state index contributed by atoms with van der Waals surface area (Å²) in [6, 6.07) is 15.7. The zero-order chi connectivity index (χ0) is 18.6. The van der Waals surface area contributed by atoms with Gasteiger partial charge in [-0.15, -0.1) is 0 Å². The molecule has 0 aliphatic heterocycles. The molecule has 0 bridgehead atoms. The molecule has 1 saturated carbocycles. The number of phenols is 1. The van der Waals surface area contributed by atoms with Gasteiger partial charge in [0.2, 0.25) is 0 Å². The molecule has 4 nitrogen and oxygen atoms in total. The number of aryl methyl sites for hydroxylation is 1. The van der Waals surface area contributed by atoms with E-state index in [1.165, 1.54) is 0 Å². The van der Waals surface area contributed by atoms with Crippen LogP contribution >= 0.6 is 0 Å². The van der Waals surface area contributed by atoms with Crippen LogP contribution < -0.4 is 5.48 Å². The van der Waals surface area contributed by atoms with E-state index in [2.05, 4.69) is 5.48 Å². The first-order valence-electron chi connectivity index (χ1n) is 9.02. The Balaban J connectivity index is 1.51. The van der Waals surface area contributed by atoms with Crippen molar-refractivity contribution < 1.29 is 9.94 Å². The minimum atomic E-state index is -0.294. The van der Waals surface area contributed by atoms with Crippen molar-refractivity contribution in [3.63, 3.8) is 0 Å². The Morgan fingerprint density at radius 1 is 1.27 bits per heavy atom. The summed E-state index contributed by atoms with van der Waals surface area (Å²) in [6.45, 7) is 3.90. The summed E-state index contributed by atoms with van der Waals surface area (Å²) in [5, 5.41) is 17.8. The molecule has 26 heavy (non-hydrogen) atoms. The van der Waals surface area contributed by atoms with Crippen LogP contribution in [0.4, 0.5) is 0 Å². The molecule has 3 rings (SSSR count). The second kappa shape index (κ2) is 7.85. The highest BCUT2D eigenvalue weighted by molar-refractivity contribution is 5.93. The van der Waals surface area contributed by atoms with Crippen LogP contribution in [0, 0.1) is 12.3 Å². The minimum Gasteiger partial charge on any atom is -0.508 e. The molecule has 1 aliphatic carbocycles. The summed E-state index contributed by atoms with van der Waals surface area (Å²) in [5.74, 6) is 0.311. The van der Waals surface area contributed by atoms with E-state index in [-0.39, 0.29) is 11.6 Å². The predicted octanol–water partition coefficient (Wildman–Crippen LogP) is 4.42. The Hall–Kier alpha value is -2.43. The molecule has 4 heteroatoms. The number of hydrogen-bond donors (Lipinski definition) is 3. The van der Waals surface area contributed by atoms with Gasteiger partial charge in [0.05, 0.1) is 0 Å². The fraction of sp³-hybridized carbons (Fsp3) is 0.318. The van der Waals surface area contributed by atoms with Crippen molar-refractivity contribution in [3.05, 3.63) is 77.4 Å². The first-order chi connectivity index (χ1) is 12.5. The minimum absolute atomic E-state index is 0.00168. The van der Waals surface area contributed by atoms with Gasteiger partial charge in [0.15, 0.2) is 0 Å². The molecule has 0 amide bonds. The van der Waals surface area contributed by atoms with Crippen molar-refractivity contribution in [1.29, 1.82) is 5.41 Å². The zero-order valence-corrected chi connectivity index (χ0v) is 15.3. The quantitative estimate of drug-likeness (QED) is 0.488. The lowest BCUT2D eigenvalue weighted by molar-refractivity contribution is -0.0551. The van der Waals surface area contributed by atoms with E-state index in [4.69, 9.17) is 10.2 Å². The Kier molecular flexibility index (Phi) is 5.55. The van der Waals surface area contributed by atoms with Gasteiger partial charge in [0.1, 0.15) is 11.4 Å². The van der Waals surface area contributed by atoms with Gasteiger partial charge in [-0.3, -0.25) is 4.84 Å². The monoisotopic (exact) mass is 350 g/mol. The largest absolute Gasteiger partial charge is 0.508 e. The predicted molar refractivity (Wildman–Crippen MR) is 104 cm³/mol. The van der Waals surface area contributed by atoms with Crippen LogP contribution in [-0.2, 0) is 16.9 Å². The van der Waals surface area contributed by atoms with Gasteiger partial charge >= 0.3 is 0 Å². The number of nitrogens with one attached hydrogen (secondary N) is 2. The summed E-state index contributed by atoms with van der Waals surface area (Å²) in [5.41, 5.74) is 6.46. The average molecular weight is 350 g/mol. The smallest absolute Gasteiger partial charge is 0.118 e. The van der Waals surface area contributed by atoms with Crippen molar-refractivity contribution >= 4 is 5.71 Å². The molecule has 1 aliphatic rings. The van der Waals surface area contributed by atoms with Crippen molar-refractivity contribution in [3.8, 4) is 5.75 Å².